The third-order valence-electron chi connectivity index (χ3n) is 3.53. The molecule has 0 bridgehead atoms. The van der Waals surface area contributed by atoms with Crippen molar-refractivity contribution in [2.24, 2.45) is 0 Å². The van der Waals surface area contributed by atoms with Crippen molar-refractivity contribution in [3.8, 4) is 0 Å². The second-order valence-electron chi connectivity index (χ2n) is 5.44. The molecule has 0 saturated carbocycles. The highest BCUT2D eigenvalue weighted by molar-refractivity contribution is 5.88. The molecule has 0 aromatic carbocycles. The number of aromatic nitrogens is 3. The molecule has 1 amide bonds. The average Bonchev–Trinajstić information content (AvgIpc) is 3.07. The highest BCUT2D eigenvalue weighted by atomic mass is 16.5. The SMILES string of the molecule is CCOC(=O)c1nnn(CC(=O)N2CCCC2)c1C(C)C. The molecule has 1 aromatic heterocycles. The van der Waals surface area contributed by atoms with Crippen molar-refractivity contribution in [3.05, 3.63) is 11.4 Å². The van der Waals surface area contributed by atoms with E-state index < -0.39 is 5.97 Å². The zero-order valence-electron chi connectivity index (χ0n) is 12.8. The summed E-state index contributed by atoms with van der Waals surface area (Å²) in [6.45, 7) is 7.64. The predicted molar refractivity (Wildman–Crippen MR) is 75.9 cm³/mol. The van der Waals surface area contributed by atoms with Gasteiger partial charge in [0, 0.05) is 13.1 Å². The summed E-state index contributed by atoms with van der Waals surface area (Å²) in [6, 6.07) is 0. The van der Waals surface area contributed by atoms with Gasteiger partial charge in [-0.25, -0.2) is 9.48 Å². The van der Waals surface area contributed by atoms with E-state index in [-0.39, 0.29) is 30.7 Å². The Morgan fingerprint density at radius 3 is 2.52 bits per heavy atom. The van der Waals surface area contributed by atoms with Crippen LogP contribution in [0, 0.1) is 0 Å². The first-order valence-corrected chi connectivity index (χ1v) is 7.42. The van der Waals surface area contributed by atoms with Gasteiger partial charge in [0.15, 0.2) is 5.69 Å². The Morgan fingerprint density at radius 2 is 1.95 bits per heavy atom. The molecular weight excluding hydrogens is 272 g/mol. The number of nitrogens with zero attached hydrogens (tertiary/aromatic N) is 4. The maximum Gasteiger partial charge on any atom is 0.360 e. The predicted octanol–water partition coefficient (Wildman–Crippen LogP) is 1.20. The topological polar surface area (TPSA) is 77.3 Å². The zero-order valence-corrected chi connectivity index (χ0v) is 12.8. The third-order valence-corrected chi connectivity index (χ3v) is 3.53. The molecule has 7 nitrogen and oxygen atoms in total. The maximum absolute atomic E-state index is 12.2. The molecule has 21 heavy (non-hydrogen) atoms. The Balaban J connectivity index is 2.19. The van der Waals surface area contributed by atoms with Crippen LogP contribution in [0.2, 0.25) is 0 Å². The Bertz CT molecular complexity index is 518. The number of ether oxygens (including phenoxy) is 1. The van der Waals surface area contributed by atoms with Crippen molar-refractivity contribution >= 4 is 11.9 Å². The van der Waals surface area contributed by atoms with E-state index in [0.29, 0.717) is 5.69 Å². The third kappa shape index (κ3) is 3.40. The van der Waals surface area contributed by atoms with E-state index >= 15 is 0 Å². The molecule has 7 heteroatoms. The first-order valence-electron chi connectivity index (χ1n) is 7.42. The van der Waals surface area contributed by atoms with Crippen molar-refractivity contribution in [1.29, 1.82) is 0 Å². The molecule has 0 unspecified atom stereocenters. The van der Waals surface area contributed by atoms with Crippen LogP contribution in [0.25, 0.3) is 0 Å². The summed E-state index contributed by atoms with van der Waals surface area (Å²) in [5.41, 5.74) is 0.863. The number of likely N-dealkylation sites (tertiary alicyclic amines) is 1. The van der Waals surface area contributed by atoms with Gasteiger partial charge < -0.3 is 9.64 Å². The van der Waals surface area contributed by atoms with E-state index in [4.69, 9.17) is 4.74 Å². The monoisotopic (exact) mass is 294 g/mol. The molecular formula is C14H22N4O3. The molecule has 0 atom stereocenters. The van der Waals surface area contributed by atoms with Gasteiger partial charge in [-0.05, 0) is 25.7 Å². The summed E-state index contributed by atoms with van der Waals surface area (Å²) >= 11 is 0. The van der Waals surface area contributed by atoms with Crippen LogP contribution >= 0.6 is 0 Å². The molecule has 1 saturated heterocycles. The van der Waals surface area contributed by atoms with Crippen molar-refractivity contribution < 1.29 is 14.3 Å². The van der Waals surface area contributed by atoms with Crippen molar-refractivity contribution in [2.75, 3.05) is 19.7 Å². The molecule has 2 heterocycles. The fraction of sp³-hybridized carbons (Fsp3) is 0.714. The molecule has 0 N–H and O–H groups in total. The molecule has 116 valence electrons. The maximum atomic E-state index is 12.2. The fourth-order valence-electron chi connectivity index (χ4n) is 2.55. The number of hydrogen-bond acceptors (Lipinski definition) is 5. The number of carbonyl (C=O) groups excluding carboxylic acids is 2. The molecule has 0 radical (unpaired) electrons. The Labute approximate surface area is 124 Å². The Hall–Kier alpha value is -1.92. The Morgan fingerprint density at radius 1 is 1.29 bits per heavy atom. The smallest absolute Gasteiger partial charge is 0.360 e. The molecule has 0 spiro atoms. The zero-order chi connectivity index (χ0) is 15.4. The van der Waals surface area contributed by atoms with E-state index in [1.165, 1.54) is 4.68 Å². The largest absolute Gasteiger partial charge is 0.461 e. The lowest BCUT2D eigenvalue weighted by Crippen LogP contribution is -2.32. The highest BCUT2D eigenvalue weighted by Crippen LogP contribution is 2.19. The van der Waals surface area contributed by atoms with Gasteiger partial charge in [0.25, 0.3) is 0 Å². The van der Waals surface area contributed by atoms with Gasteiger partial charge in [-0.1, -0.05) is 19.1 Å². The summed E-state index contributed by atoms with van der Waals surface area (Å²) in [5, 5.41) is 7.87. The van der Waals surface area contributed by atoms with Crippen LogP contribution in [0.1, 0.15) is 55.7 Å². The van der Waals surface area contributed by atoms with E-state index in [1.54, 1.807) is 6.92 Å². The molecule has 1 fully saturated rings. The van der Waals surface area contributed by atoms with Crippen LogP contribution in [0.3, 0.4) is 0 Å². The highest BCUT2D eigenvalue weighted by Gasteiger charge is 2.26. The summed E-state index contributed by atoms with van der Waals surface area (Å²) in [6.07, 6.45) is 2.10. The van der Waals surface area contributed by atoms with Gasteiger partial charge in [0.05, 0.1) is 12.3 Å². The van der Waals surface area contributed by atoms with Gasteiger partial charge in [0.1, 0.15) is 6.54 Å². The normalized spacial score (nSPS) is 14.8. The van der Waals surface area contributed by atoms with Crippen LogP contribution in [-0.2, 0) is 16.1 Å². The minimum Gasteiger partial charge on any atom is -0.461 e. The number of rotatable bonds is 5. The first-order chi connectivity index (χ1) is 10.0. The molecule has 0 aliphatic carbocycles. The summed E-state index contributed by atoms with van der Waals surface area (Å²) in [4.78, 5) is 25.9. The lowest BCUT2D eigenvalue weighted by atomic mass is 10.1. The first kappa shape index (κ1) is 15.5. The van der Waals surface area contributed by atoms with E-state index in [9.17, 15) is 9.59 Å². The summed E-state index contributed by atoms with van der Waals surface area (Å²) in [5.74, 6) is -0.429. The van der Waals surface area contributed by atoms with Crippen molar-refractivity contribution in [3.63, 3.8) is 0 Å². The molecule has 2 rings (SSSR count). The van der Waals surface area contributed by atoms with Crippen LogP contribution in [-0.4, -0.2) is 51.5 Å². The van der Waals surface area contributed by atoms with Gasteiger partial charge in [-0.3, -0.25) is 4.79 Å². The summed E-state index contributed by atoms with van der Waals surface area (Å²) < 4.78 is 6.51. The van der Waals surface area contributed by atoms with Crippen molar-refractivity contribution in [1.82, 2.24) is 19.9 Å². The minimum absolute atomic E-state index is 0.0229. The molecule has 1 aromatic rings. The fourth-order valence-corrected chi connectivity index (χ4v) is 2.55. The minimum atomic E-state index is -0.485. The quantitative estimate of drug-likeness (QED) is 0.763. The van der Waals surface area contributed by atoms with E-state index in [2.05, 4.69) is 10.3 Å². The second kappa shape index (κ2) is 6.69. The van der Waals surface area contributed by atoms with Gasteiger partial charge in [0.2, 0.25) is 5.91 Å². The lowest BCUT2D eigenvalue weighted by molar-refractivity contribution is -0.131. The van der Waals surface area contributed by atoms with E-state index in [1.807, 2.05) is 18.7 Å². The van der Waals surface area contributed by atoms with Crippen molar-refractivity contribution in [2.45, 2.75) is 46.1 Å². The van der Waals surface area contributed by atoms with Crippen LogP contribution in [0.4, 0.5) is 0 Å². The van der Waals surface area contributed by atoms with Gasteiger partial charge in [-0.2, -0.15) is 0 Å². The molecule has 1 aliphatic heterocycles. The average molecular weight is 294 g/mol. The standard InChI is InChI=1S/C14H22N4O3/c1-4-21-14(20)12-13(10(2)3)18(16-15-12)9-11(19)17-7-5-6-8-17/h10H,4-9H2,1-3H3. The van der Waals surface area contributed by atoms with Crippen LogP contribution < -0.4 is 0 Å². The van der Waals surface area contributed by atoms with Crippen LogP contribution in [0.5, 0.6) is 0 Å². The Kier molecular flexibility index (Phi) is 4.93. The number of amides is 1. The van der Waals surface area contributed by atoms with Crippen LogP contribution in [0.15, 0.2) is 0 Å². The second-order valence-corrected chi connectivity index (χ2v) is 5.44. The lowest BCUT2D eigenvalue weighted by Gasteiger charge is -2.16. The van der Waals surface area contributed by atoms with Gasteiger partial charge >= 0.3 is 5.97 Å². The number of esters is 1. The molecule has 1 aliphatic rings. The summed E-state index contributed by atoms with van der Waals surface area (Å²) in [7, 11) is 0. The van der Waals surface area contributed by atoms with E-state index in [0.717, 1.165) is 25.9 Å². The number of carbonyl (C=O) groups is 2. The number of hydrogen-bond donors (Lipinski definition) is 0. The van der Waals surface area contributed by atoms with Gasteiger partial charge in [-0.15, -0.1) is 5.10 Å².